The molecule has 148 valence electrons. The van der Waals surface area contributed by atoms with Gasteiger partial charge in [-0.1, -0.05) is 0 Å². The minimum absolute atomic E-state index is 0.112. The zero-order valence-electron chi connectivity index (χ0n) is 16.7. The quantitative estimate of drug-likeness (QED) is 0.648. The highest BCUT2D eigenvalue weighted by Crippen LogP contribution is 2.38. The van der Waals surface area contributed by atoms with Crippen molar-refractivity contribution in [2.24, 2.45) is 0 Å². The molecule has 0 saturated heterocycles. The maximum absolute atomic E-state index is 13.0. The van der Waals surface area contributed by atoms with Crippen molar-refractivity contribution in [1.29, 1.82) is 0 Å². The summed E-state index contributed by atoms with van der Waals surface area (Å²) in [6.07, 6.45) is 3.89. The third-order valence-corrected chi connectivity index (χ3v) is 5.83. The van der Waals surface area contributed by atoms with E-state index in [2.05, 4.69) is 5.32 Å². The number of rotatable bonds is 7. The summed E-state index contributed by atoms with van der Waals surface area (Å²) in [5.41, 5.74) is 2.55. The molecule has 3 aromatic rings. The Morgan fingerprint density at radius 3 is 2.18 bits per heavy atom. The third kappa shape index (κ3) is 3.71. The molecule has 1 aromatic carbocycles. The van der Waals surface area contributed by atoms with Crippen LogP contribution in [0.3, 0.4) is 0 Å². The normalized spacial score (nSPS) is 10.6. The van der Waals surface area contributed by atoms with Crippen molar-refractivity contribution < 1.29 is 19.0 Å². The zero-order valence-corrected chi connectivity index (χ0v) is 17.5. The minimum Gasteiger partial charge on any atom is -0.493 e. The summed E-state index contributed by atoms with van der Waals surface area (Å²) in [6, 6.07) is 7.56. The number of benzene rings is 1. The van der Waals surface area contributed by atoms with Crippen molar-refractivity contribution >= 4 is 17.2 Å². The number of ether oxygens (including phenoxy) is 3. The van der Waals surface area contributed by atoms with E-state index < -0.39 is 0 Å². The lowest BCUT2D eigenvalue weighted by molar-refractivity contribution is 0.0950. The predicted molar refractivity (Wildman–Crippen MR) is 110 cm³/mol. The van der Waals surface area contributed by atoms with Gasteiger partial charge in [0.25, 0.3) is 5.91 Å². The first kappa shape index (κ1) is 19.8. The molecule has 0 spiro atoms. The van der Waals surface area contributed by atoms with Crippen molar-refractivity contribution in [2.75, 3.05) is 21.3 Å². The first-order valence-electron chi connectivity index (χ1n) is 8.80. The molecule has 0 fully saturated rings. The van der Waals surface area contributed by atoms with Crippen LogP contribution in [0, 0.1) is 13.8 Å². The summed E-state index contributed by atoms with van der Waals surface area (Å²) in [5, 5.41) is 3.93. The SMILES string of the molecule is COc1cc(CNC(=O)c2c(-n3cccc3)sc(C)c2C)cc(OC)c1OC. The van der Waals surface area contributed by atoms with Crippen LogP contribution in [0.5, 0.6) is 17.2 Å². The number of amides is 1. The number of hydrogen-bond donors (Lipinski definition) is 1. The Hall–Kier alpha value is -2.93. The molecule has 0 aliphatic rings. The lowest BCUT2D eigenvalue weighted by atomic mass is 10.1. The Kier molecular flexibility index (Phi) is 5.94. The Balaban J connectivity index is 1.86. The van der Waals surface area contributed by atoms with Crippen LogP contribution in [0.25, 0.3) is 5.00 Å². The summed E-state index contributed by atoms with van der Waals surface area (Å²) < 4.78 is 18.1. The Morgan fingerprint density at radius 2 is 1.64 bits per heavy atom. The average Bonchev–Trinajstić information content (AvgIpc) is 3.33. The molecule has 0 aliphatic carbocycles. The van der Waals surface area contributed by atoms with Crippen molar-refractivity contribution in [3.8, 4) is 22.2 Å². The molecule has 6 nitrogen and oxygen atoms in total. The number of thiophene rings is 1. The molecule has 0 saturated carbocycles. The molecule has 1 N–H and O–H groups in total. The van der Waals surface area contributed by atoms with Gasteiger partial charge in [0.2, 0.25) is 5.75 Å². The fourth-order valence-electron chi connectivity index (χ4n) is 3.04. The van der Waals surface area contributed by atoms with Crippen LogP contribution >= 0.6 is 11.3 Å². The fraction of sp³-hybridized carbons (Fsp3) is 0.286. The van der Waals surface area contributed by atoms with Gasteiger partial charge in [0, 0.05) is 23.8 Å². The average molecular weight is 401 g/mol. The zero-order chi connectivity index (χ0) is 20.3. The molecule has 0 radical (unpaired) electrons. The smallest absolute Gasteiger partial charge is 0.254 e. The molecule has 0 unspecified atom stereocenters. The number of hydrogen-bond acceptors (Lipinski definition) is 5. The van der Waals surface area contributed by atoms with Crippen LogP contribution in [0.1, 0.15) is 26.4 Å². The van der Waals surface area contributed by atoms with E-state index in [1.165, 1.54) is 0 Å². The summed E-state index contributed by atoms with van der Waals surface area (Å²) >= 11 is 1.61. The van der Waals surface area contributed by atoms with E-state index in [1.807, 2.05) is 55.1 Å². The molecule has 0 bridgehead atoms. The van der Waals surface area contributed by atoms with E-state index in [0.717, 1.165) is 21.0 Å². The molecule has 28 heavy (non-hydrogen) atoms. The van der Waals surface area contributed by atoms with Gasteiger partial charge >= 0.3 is 0 Å². The van der Waals surface area contributed by atoms with Crippen LogP contribution in [0.2, 0.25) is 0 Å². The number of aryl methyl sites for hydroxylation is 1. The third-order valence-electron chi connectivity index (χ3n) is 4.61. The molecule has 1 amide bonds. The van der Waals surface area contributed by atoms with Gasteiger partial charge in [0.15, 0.2) is 11.5 Å². The van der Waals surface area contributed by atoms with Gasteiger partial charge in [-0.25, -0.2) is 0 Å². The van der Waals surface area contributed by atoms with Crippen LogP contribution in [-0.2, 0) is 6.54 Å². The molecule has 0 aliphatic heterocycles. The van der Waals surface area contributed by atoms with Crippen LogP contribution < -0.4 is 19.5 Å². The van der Waals surface area contributed by atoms with Crippen LogP contribution in [0.15, 0.2) is 36.7 Å². The standard InChI is InChI=1S/C21H24N2O4S/c1-13-14(2)28-21(23-8-6-7-9-23)18(13)20(24)22-12-15-10-16(25-3)19(27-5)17(11-15)26-4/h6-11H,12H2,1-5H3,(H,22,24). The van der Waals surface area contributed by atoms with Crippen LogP contribution in [0.4, 0.5) is 0 Å². The van der Waals surface area contributed by atoms with E-state index in [-0.39, 0.29) is 5.91 Å². The monoisotopic (exact) mass is 400 g/mol. The van der Waals surface area contributed by atoms with Gasteiger partial charge in [-0.2, -0.15) is 0 Å². The lowest BCUT2D eigenvalue weighted by Crippen LogP contribution is -2.24. The van der Waals surface area contributed by atoms with Gasteiger partial charge in [-0.15, -0.1) is 11.3 Å². The largest absolute Gasteiger partial charge is 0.493 e. The molecular weight excluding hydrogens is 376 g/mol. The summed E-state index contributed by atoms with van der Waals surface area (Å²) in [5.74, 6) is 1.53. The van der Waals surface area contributed by atoms with Gasteiger partial charge < -0.3 is 24.1 Å². The maximum atomic E-state index is 13.0. The van der Waals surface area contributed by atoms with E-state index in [4.69, 9.17) is 14.2 Å². The molecule has 0 atom stereocenters. The first-order valence-corrected chi connectivity index (χ1v) is 9.62. The topological polar surface area (TPSA) is 61.7 Å². The Labute approximate surface area is 168 Å². The number of nitrogens with one attached hydrogen (secondary N) is 1. The second kappa shape index (κ2) is 8.39. The van der Waals surface area contributed by atoms with Gasteiger partial charge in [-0.05, 0) is 49.2 Å². The van der Waals surface area contributed by atoms with Crippen LogP contribution in [-0.4, -0.2) is 31.8 Å². The van der Waals surface area contributed by atoms with Gasteiger partial charge in [0.1, 0.15) is 5.00 Å². The van der Waals surface area contributed by atoms with Crippen molar-refractivity contribution in [2.45, 2.75) is 20.4 Å². The van der Waals surface area contributed by atoms with Crippen molar-refractivity contribution in [1.82, 2.24) is 9.88 Å². The molecule has 3 rings (SSSR count). The second-order valence-electron chi connectivity index (χ2n) is 6.27. The summed E-state index contributed by atoms with van der Waals surface area (Å²) in [7, 11) is 4.70. The highest BCUT2D eigenvalue weighted by atomic mass is 32.1. The molecular formula is C21H24N2O4S. The number of nitrogens with zero attached hydrogens (tertiary/aromatic N) is 1. The lowest BCUT2D eigenvalue weighted by Gasteiger charge is -2.15. The van der Waals surface area contributed by atoms with Gasteiger partial charge in [0.05, 0.1) is 26.9 Å². The number of methoxy groups -OCH3 is 3. The number of carbonyl (C=O) groups excluding carboxylic acids is 1. The van der Waals surface area contributed by atoms with Crippen molar-refractivity contribution in [3.63, 3.8) is 0 Å². The van der Waals surface area contributed by atoms with Crippen molar-refractivity contribution in [3.05, 3.63) is 58.2 Å². The summed E-state index contributed by atoms with van der Waals surface area (Å²) in [6.45, 7) is 4.35. The Bertz CT molecular complexity index is 952. The van der Waals surface area contributed by atoms with E-state index in [9.17, 15) is 4.79 Å². The summed E-state index contributed by atoms with van der Waals surface area (Å²) in [4.78, 5) is 14.1. The number of carbonyl (C=O) groups is 1. The second-order valence-corrected chi connectivity index (χ2v) is 7.47. The molecule has 2 heterocycles. The maximum Gasteiger partial charge on any atom is 0.254 e. The van der Waals surface area contributed by atoms with E-state index >= 15 is 0 Å². The van der Waals surface area contributed by atoms with E-state index in [1.54, 1.807) is 32.7 Å². The highest BCUT2D eigenvalue weighted by Gasteiger charge is 2.21. The van der Waals surface area contributed by atoms with E-state index in [0.29, 0.717) is 29.4 Å². The molecule has 7 heteroatoms. The Morgan fingerprint density at radius 1 is 1.04 bits per heavy atom. The first-order chi connectivity index (χ1) is 13.5. The highest BCUT2D eigenvalue weighted by molar-refractivity contribution is 7.15. The van der Waals surface area contributed by atoms with Gasteiger partial charge in [-0.3, -0.25) is 4.79 Å². The molecule has 2 aromatic heterocycles. The predicted octanol–water partition coefficient (Wildman–Crippen LogP) is 4.11. The number of aromatic nitrogens is 1. The minimum atomic E-state index is -0.112. The fourth-order valence-corrected chi connectivity index (χ4v) is 4.16.